The van der Waals surface area contributed by atoms with Crippen LogP contribution in [0.15, 0.2) is 48.5 Å². The summed E-state index contributed by atoms with van der Waals surface area (Å²) in [5.74, 6) is 1.69. The number of rotatable bonds is 6. The van der Waals surface area contributed by atoms with Gasteiger partial charge in [0.2, 0.25) is 0 Å². The standard InChI is InChI=1S/C23H30N2O4/c1-16-13-25(14-23(16,2)15-26)22(27)24-21(17-9-11-18(28-3)12-10-17)19-7-5-6-8-20(19)29-4/h5-12,16,21,26H,13-15H2,1-4H3,(H,24,27). The molecule has 6 nitrogen and oxygen atoms in total. The third kappa shape index (κ3) is 4.32. The summed E-state index contributed by atoms with van der Waals surface area (Å²) in [7, 11) is 3.25. The van der Waals surface area contributed by atoms with Crippen molar-refractivity contribution < 1.29 is 19.4 Å². The molecule has 3 rings (SSSR count). The number of carbonyl (C=O) groups is 1. The number of likely N-dealkylation sites (tertiary alicyclic amines) is 1. The third-order valence-electron chi connectivity index (χ3n) is 6.05. The molecular weight excluding hydrogens is 368 g/mol. The molecule has 2 amide bonds. The van der Waals surface area contributed by atoms with Gasteiger partial charge in [0.25, 0.3) is 0 Å². The van der Waals surface area contributed by atoms with Gasteiger partial charge in [0, 0.05) is 24.1 Å². The first kappa shape index (κ1) is 21.0. The minimum absolute atomic E-state index is 0.0619. The van der Waals surface area contributed by atoms with Gasteiger partial charge >= 0.3 is 6.03 Å². The van der Waals surface area contributed by atoms with Crippen molar-refractivity contribution in [1.29, 1.82) is 0 Å². The number of aliphatic hydroxyl groups excluding tert-OH is 1. The maximum Gasteiger partial charge on any atom is 0.318 e. The molecule has 0 radical (unpaired) electrons. The van der Waals surface area contributed by atoms with Gasteiger partial charge in [-0.2, -0.15) is 0 Å². The lowest BCUT2D eigenvalue weighted by Crippen LogP contribution is -2.42. The van der Waals surface area contributed by atoms with E-state index < -0.39 is 0 Å². The zero-order valence-corrected chi connectivity index (χ0v) is 17.5. The molecule has 1 saturated heterocycles. The molecule has 2 aromatic carbocycles. The number of urea groups is 1. The molecule has 2 aromatic rings. The fraction of sp³-hybridized carbons (Fsp3) is 0.435. The number of benzene rings is 2. The maximum atomic E-state index is 13.1. The van der Waals surface area contributed by atoms with Crippen molar-refractivity contribution in [2.45, 2.75) is 19.9 Å². The first-order valence-corrected chi connectivity index (χ1v) is 9.85. The van der Waals surface area contributed by atoms with E-state index >= 15 is 0 Å². The molecule has 29 heavy (non-hydrogen) atoms. The Balaban J connectivity index is 1.90. The SMILES string of the molecule is COc1ccc(C(NC(=O)N2CC(C)C(C)(CO)C2)c2ccccc2OC)cc1. The molecule has 0 spiro atoms. The van der Waals surface area contributed by atoms with Crippen LogP contribution in [-0.4, -0.2) is 50.0 Å². The summed E-state index contributed by atoms with van der Waals surface area (Å²) < 4.78 is 10.8. The van der Waals surface area contributed by atoms with Gasteiger partial charge in [-0.3, -0.25) is 0 Å². The van der Waals surface area contributed by atoms with Gasteiger partial charge in [0.15, 0.2) is 0 Å². The average Bonchev–Trinajstić information content (AvgIpc) is 3.07. The van der Waals surface area contributed by atoms with E-state index in [0.717, 1.165) is 16.9 Å². The number of methoxy groups -OCH3 is 2. The zero-order chi connectivity index (χ0) is 21.0. The Morgan fingerprint density at radius 3 is 2.48 bits per heavy atom. The average molecular weight is 399 g/mol. The van der Waals surface area contributed by atoms with Gasteiger partial charge in [-0.05, 0) is 29.7 Å². The van der Waals surface area contributed by atoms with Crippen LogP contribution in [-0.2, 0) is 0 Å². The molecule has 1 aliphatic rings. The van der Waals surface area contributed by atoms with Crippen LogP contribution in [0.25, 0.3) is 0 Å². The van der Waals surface area contributed by atoms with Crippen LogP contribution in [0.4, 0.5) is 4.79 Å². The Kier molecular flexibility index (Phi) is 6.33. The van der Waals surface area contributed by atoms with Crippen molar-refractivity contribution in [3.05, 3.63) is 59.7 Å². The van der Waals surface area contributed by atoms with Crippen LogP contribution in [0.5, 0.6) is 11.5 Å². The molecule has 0 bridgehead atoms. The second kappa shape index (κ2) is 8.74. The highest BCUT2D eigenvalue weighted by Gasteiger charge is 2.42. The molecule has 156 valence electrons. The zero-order valence-electron chi connectivity index (χ0n) is 17.5. The molecule has 0 aromatic heterocycles. The second-order valence-electron chi connectivity index (χ2n) is 7.99. The summed E-state index contributed by atoms with van der Waals surface area (Å²) in [6, 6.07) is 14.8. The van der Waals surface area contributed by atoms with E-state index in [0.29, 0.717) is 18.8 Å². The van der Waals surface area contributed by atoms with E-state index in [4.69, 9.17) is 9.47 Å². The Morgan fingerprint density at radius 1 is 1.21 bits per heavy atom. The lowest BCUT2D eigenvalue weighted by Gasteiger charge is -2.27. The molecule has 2 N–H and O–H groups in total. The number of ether oxygens (including phenoxy) is 2. The van der Waals surface area contributed by atoms with Crippen molar-refractivity contribution >= 4 is 6.03 Å². The maximum absolute atomic E-state index is 13.1. The Labute approximate surface area is 172 Å². The number of para-hydroxylation sites is 1. The van der Waals surface area contributed by atoms with Gasteiger partial charge in [-0.15, -0.1) is 0 Å². The van der Waals surface area contributed by atoms with E-state index in [1.807, 2.05) is 55.5 Å². The summed E-state index contributed by atoms with van der Waals surface area (Å²) in [5, 5.41) is 12.9. The molecule has 0 aliphatic carbocycles. The van der Waals surface area contributed by atoms with Gasteiger partial charge in [-0.25, -0.2) is 4.79 Å². The van der Waals surface area contributed by atoms with Crippen LogP contribution >= 0.6 is 0 Å². The van der Waals surface area contributed by atoms with Crippen molar-refractivity contribution in [3.63, 3.8) is 0 Å². The summed E-state index contributed by atoms with van der Waals surface area (Å²) >= 11 is 0. The highest BCUT2D eigenvalue weighted by Crippen LogP contribution is 2.36. The molecular formula is C23H30N2O4. The Bertz CT molecular complexity index is 839. The molecule has 6 heteroatoms. The fourth-order valence-electron chi connectivity index (χ4n) is 3.82. The lowest BCUT2D eigenvalue weighted by molar-refractivity contribution is 0.119. The van der Waals surface area contributed by atoms with E-state index in [1.54, 1.807) is 19.1 Å². The van der Waals surface area contributed by atoms with E-state index in [2.05, 4.69) is 12.2 Å². The topological polar surface area (TPSA) is 71.0 Å². The minimum Gasteiger partial charge on any atom is -0.497 e. The van der Waals surface area contributed by atoms with E-state index in [1.165, 1.54) is 0 Å². The van der Waals surface area contributed by atoms with Crippen LogP contribution in [0.1, 0.15) is 31.0 Å². The van der Waals surface area contributed by atoms with Crippen LogP contribution in [0.3, 0.4) is 0 Å². The monoisotopic (exact) mass is 398 g/mol. The number of hydrogen-bond acceptors (Lipinski definition) is 4. The van der Waals surface area contributed by atoms with Gasteiger partial charge in [0.1, 0.15) is 11.5 Å². The van der Waals surface area contributed by atoms with E-state index in [-0.39, 0.29) is 30.0 Å². The predicted molar refractivity (Wildman–Crippen MR) is 112 cm³/mol. The highest BCUT2D eigenvalue weighted by atomic mass is 16.5. The molecule has 1 aliphatic heterocycles. The fourth-order valence-corrected chi connectivity index (χ4v) is 3.82. The third-order valence-corrected chi connectivity index (χ3v) is 6.05. The van der Waals surface area contributed by atoms with Gasteiger partial charge in [-0.1, -0.05) is 44.2 Å². The largest absolute Gasteiger partial charge is 0.497 e. The molecule has 1 heterocycles. The second-order valence-corrected chi connectivity index (χ2v) is 7.99. The number of amides is 2. The van der Waals surface area contributed by atoms with Gasteiger partial charge in [0.05, 0.1) is 26.9 Å². The Morgan fingerprint density at radius 2 is 1.90 bits per heavy atom. The molecule has 0 saturated carbocycles. The molecule has 1 fully saturated rings. The number of nitrogens with zero attached hydrogens (tertiary/aromatic N) is 1. The first-order chi connectivity index (χ1) is 13.9. The quantitative estimate of drug-likeness (QED) is 0.782. The highest BCUT2D eigenvalue weighted by molar-refractivity contribution is 5.76. The number of aliphatic hydroxyl groups is 1. The summed E-state index contributed by atoms with van der Waals surface area (Å²) in [4.78, 5) is 14.9. The van der Waals surface area contributed by atoms with Gasteiger partial charge < -0.3 is 24.8 Å². The minimum atomic E-state index is -0.374. The normalized spacial score (nSPS) is 22.2. The summed E-state index contributed by atoms with van der Waals surface area (Å²) in [5.41, 5.74) is 1.53. The van der Waals surface area contributed by atoms with Crippen molar-refractivity contribution in [2.24, 2.45) is 11.3 Å². The van der Waals surface area contributed by atoms with Crippen LogP contribution in [0, 0.1) is 11.3 Å². The van der Waals surface area contributed by atoms with Crippen molar-refractivity contribution in [2.75, 3.05) is 33.9 Å². The van der Waals surface area contributed by atoms with Crippen molar-refractivity contribution in [1.82, 2.24) is 10.2 Å². The van der Waals surface area contributed by atoms with Crippen molar-refractivity contribution in [3.8, 4) is 11.5 Å². The smallest absolute Gasteiger partial charge is 0.318 e. The summed E-state index contributed by atoms with van der Waals surface area (Å²) in [6.07, 6.45) is 0. The Hall–Kier alpha value is -2.73. The number of carbonyl (C=O) groups excluding carboxylic acids is 1. The number of nitrogens with one attached hydrogen (secondary N) is 1. The summed E-state index contributed by atoms with van der Waals surface area (Å²) in [6.45, 7) is 5.30. The van der Waals surface area contributed by atoms with Crippen LogP contribution < -0.4 is 14.8 Å². The predicted octanol–water partition coefficient (Wildman–Crippen LogP) is 3.45. The first-order valence-electron chi connectivity index (χ1n) is 9.85. The molecule has 3 atom stereocenters. The van der Waals surface area contributed by atoms with Crippen LogP contribution in [0.2, 0.25) is 0 Å². The number of hydrogen-bond donors (Lipinski definition) is 2. The molecule has 3 unspecified atom stereocenters. The van der Waals surface area contributed by atoms with E-state index in [9.17, 15) is 9.90 Å². The lowest BCUT2D eigenvalue weighted by atomic mass is 9.82.